The zero-order valence-electron chi connectivity index (χ0n) is 21.7. The van der Waals surface area contributed by atoms with Gasteiger partial charge in [-0.05, 0) is 30.3 Å². The van der Waals surface area contributed by atoms with Gasteiger partial charge in [-0.2, -0.15) is 26.3 Å². The van der Waals surface area contributed by atoms with E-state index < -0.39 is 40.3 Å². The average Bonchev–Trinajstić information content (AvgIpc) is 2.91. The zero-order chi connectivity index (χ0) is 29.1. The van der Waals surface area contributed by atoms with Crippen LogP contribution in [0.3, 0.4) is 0 Å². The molecule has 0 aliphatic carbocycles. The number of methoxy groups -OCH3 is 2. The number of carbonyl (C=O) groups is 1. The molecule has 1 N–H and O–H groups in total. The van der Waals surface area contributed by atoms with Crippen LogP contribution in [0.2, 0.25) is 0 Å². The van der Waals surface area contributed by atoms with E-state index in [0.717, 1.165) is 6.07 Å². The van der Waals surface area contributed by atoms with Gasteiger partial charge in [-0.3, -0.25) is 0 Å². The molecule has 2 aliphatic rings. The minimum Gasteiger partial charge on any atom is -0.388 e. The monoisotopic (exact) mass is 594 g/mol. The Morgan fingerprint density at radius 3 is 2.25 bits per heavy atom. The minimum absolute atomic E-state index is 0.0200. The van der Waals surface area contributed by atoms with E-state index in [1.54, 1.807) is 11.0 Å². The number of rotatable bonds is 9. The highest BCUT2D eigenvalue weighted by Crippen LogP contribution is 2.49. The summed E-state index contributed by atoms with van der Waals surface area (Å²) in [6, 6.07) is 6.78. The van der Waals surface area contributed by atoms with E-state index in [1.165, 1.54) is 32.4 Å². The number of hydrogen-bond acceptors (Lipinski definition) is 8. The Bertz CT molecular complexity index is 1350. The molecule has 1 saturated heterocycles. The number of nitrogens with one attached hydrogen (secondary N) is 1. The molecule has 1 atom stereocenters. The van der Waals surface area contributed by atoms with Crippen molar-refractivity contribution in [3.05, 3.63) is 45.8 Å². The van der Waals surface area contributed by atoms with Crippen molar-refractivity contribution in [1.82, 2.24) is 5.32 Å². The summed E-state index contributed by atoms with van der Waals surface area (Å²) in [4.78, 5) is 19.6. The fourth-order valence-corrected chi connectivity index (χ4v) is 6.09. The van der Waals surface area contributed by atoms with Crippen molar-refractivity contribution < 1.29 is 44.8 Å². The lowest BCUT2D eigenvalue weighted by Crippen LogP contribution is -2.43. The number of carbonyl (C=O) groups excluding carboxylic acids is 1. The maximum absolute atomic E-state index is 14.3. The third-order valence-corrected chi connectivity index (χ3v) is 8.06. The van der Waals surface area contributed by atoms with Crippen molar-refractivity contribution >= 4 is 33.8 Å². The van der Waals surface area contributed by atoms with Crippen molar-refractivity contribution in [1.29, 1.82) is 0 Å². The Balaban J connectivity index is 1.97. The van der Waals surface area contributed by atoms with Crippen molar-refractivity contribution in [2.75, 3.05) is 76.5 Å². The third kappa shape index (κ3) is 6.70. The first-order valence-electron chi connectivity index (χ1n) is 12.3. The van der Waals surface area contributed by atoms with Crippen LogP contribution in [0.25, 0.3) is 0 Å². The molecule has 1 fully saturated rings. The SMILES string of the molecule is COCCN(CCOC)c1ccc2c(c1)=S(OC(=O)C(F)(F)F)c1cc(N3CCNCC3)cc(C(F)(F)F)c1N=2. The molecule has 8 nitrogen and oxygen atoms in total. The number of nitrogens with zero attached hydrogens (tertiary/aromatic N) is 3. The van der Waals surface area contributed by atoms with Crippen LogP contribution >= 0.6 is 10.8 Å². The van der Waals surface area contributed by atoms with E-state index >= 15 is 0 Å². The van der Waals surface area contributed by atoms with Gasteiger partial charge in [-0.15, -0.1) is 0 Å². The van der Waals surface area contributed by atoms with Gasteiger partial charge in [-0.25, -0.2) is 9.79 Å². The highest BCUT2D eigenvalue weighted by atomic mass is 32.2. The first kappa shape index (κ1) is 30.1. The predicted molar refractivity (Wildman–Crippen MR) is 137 cm³/mol. The number of benzene rings is 2. The van der Waals surface area contributed by atoms with Crippen molar-refractivity contribution in [3.8, 4) is 0 Å². The van der Waals surface area contributed by atoms with Gasteiger partial charge < -0.3 is 28.8 Å². The summed E-state index contributed by atoms with van der Waals surface area (Å²) in [5.74, 6) is -2.50. The second-order valence-electron chi connectivity index (χ2n) is 8.95. The van der Waals surface area contributed by atoms with Gasteiger partial charge in [0.15, 0.2) is 0 Å². The highest BCUT2D eigenvalue weighted by molar-refractivity contribution is 8.05. The summed E-state index contributed by atoms with van der Waals surface area (Å²) >= 11 is 0. The van der Waals surface area contributed by atoms with Gasteiger partial charge in [0.05, 0.1) is 39.2 Å². The number of alkyl halides is 6. The molecule has 0 radical (unpaired) electrons. The van der Waals surface area contributed by atoms with Crippen molar-refractivity contribution in [2.45, 2.75) is 17.2 Å². The third-order valence-electron chi connectivity index (χ3n) is 6.31. The van der Waals surface area contributed by atoms with Gasteiger partial charge in [0.25, 0.3) is 0 Å². The van der Waals surface area contributed by atoms with E-state index in [1.807, 2.05) is 4.90 Å². The van der Waals surface area contributed by atoms with Crippen LogP contribution in [0, 0.1) is 4.51 Å². The lowest BCUT2D eigenvalue weighted by Gasteiger charge is -2.31. The fourth-order valence-electron chi connectivity index (χ4n) is 4.34. The molecule has 0 spiro atoms. The second-order valence-corrected chi connectivity index (χ2v) is 10.5. The molecule has 2 heterocycles. The molecule has 2 aromatic carbocycles. The van der Waals surface area contributed by atoms with Gasteiger partial charge in [0.1, 0.15) is 0 Å². The number of piperazine rings is 1. The Labute approximate surface area is 228 Å². The van der Waals surface area contributed by atoms with Crippen LogP contribution < -0.4 is 20.5 Å². The summed E-state index contributed by atoms with van der Waals surface area (Å²) in [6.07, 6.45) is -10.2. The van der Waals surface area contributed by atoms with Crippen molar-refractivity contribution in [2.24, 2.45) is 4.99 Å². The lowest BCUT2D eigenvalue weighted by molar-refractivity contribution is -0.188. The molecule has 0 amide bonds. The van der Waals surface area contributed by atoms with Crippen LogP contribution in [0.15, 0.2) is 40.2 Å². The van der Waals surface area contributed by atoms with Crippen LogP contribution in [0.5, 0.6) is 0 Å². The molecule has 0 saturated carbocycles. The standard InChI is InChI=1S/C25H28F6N4O4S/c1-37-11-9-35(10-12-38-2)16-3-4-19-20(14-16)40(39-23(36)25(29,30)31)21-15-17(34-7-5-32-6-8-34)13-18(22(21)33-19)24(26,27)28/h3-4,13-15,32H,5-12H2,1-2H3. The van der Waals surface area contributed by atoms with Gasteiger partial charge >= 0.3 is 18.3 Å². The molecule has 4 rings (SSSR count). The maximum Gasteiger partial charge on any atom is 0.492 e. The van der Waals surface area contributed by atoms with Crippen LogP contribution in [0.1, 0.15) is 5.56 Å². The van der Waals surface area contributed by atoms with Crippen LogP contribution in [-0.4, -0.2) is 78.8 Å². The minimum atomic E-state index is -5.36. The first-order valence-corrected chi connectivity index (χ1v) is 13.4. The van der Waals surface area contributed by atoms with E-state index in [9.17, 15) is 31.1 Å². The molecule has 0 bridgehead atoms. The van der Waals surface area contributed by atoms with Crippen LogP contribution in [0.4, 0.5) is 43.4 Å². The molecule has 15 heteroatoms. The Hall–Kier alpha value is -2.88. The van der Waals surface area contributed by atoms with Gasteiger partial charge in [0.2, 0.25) is 0 Å². The fraction of sp³-hybridized carbons (Fsp3) is 0.480. The molecular weight excluding hydrogens is 566 g/mol. The van der Waals surface area contributed by atoms with E-state index in [2.05, 4.69) is 10.3 Å². The molecule has 40 heavy (non-hydrogen) atoms. The van der Waals surface area contributed by atoms with Crippen LogP contribution in [-0.2, 0) is 24.6 Å². The van der Waals surface area contributed by atoms with E-state index in [-0.39, 0.29) is 20.5 Å². The Morgan fingerprint density at radius 2 is 1.68 bits per heavy atom. The first-order chi connectivity index (χ1) is 18.9. The van der Waals surface area contributed by atoms with Crippen molar-refractivity contribution in [3.63, 3.8) is 0 Å². The summed E-state index contributed by atoms with van der Waals surface area (Å²) in [7, 11) is 0.863. The molecule has 0 aromatic heterocycles. The molecule has 2 aliphatic heterocycles. The molecule has 2 aromatic rings. The number of halogens is 6. The van der Waals surface area contributed by atoms with Gasteiger partial charge in [0, 0.05) is 75.6 Å². The largest absolute Gasteiger partial charge is 0.492 e. The summed E-state index contributed by atoms with van der Waals surface area (Å²) in [6.45, 7) is 3.25. The number of hydrogen-bond donors (Lipinski definition) is 1. The second kappa shape index (κ2) is 12.3. The highest BCUT2D eigenvalue weighted by Gasteiger charge is 2.43. The topological polar surface area (TPSA) is 75.6 Å². The zero-order valence-corrected chi connectivity index (χ0v) is 22.5. The summed E-state index contributed by atoms with van der Waals surface area (Å²) in [5.41, 5.74) is -0.998. The quantitative estimate of drug-likeness (QED) is 0.347. The summed E-state index contributed by atoms with van der Waals surface area (Å²) in [5, 5.41) is 3.08. The van der Waals surface area contributed by atoms with Gasteiger partial charge in [-0.1, -0.05) is 0 Å². The number of anilines is 2. The average molecular weight is 595 g/mol. The lowest BCUT2D eigenvalue weighted by atomic mass is 10.1. The number of fused-ring (bicyclic) bond motifs is 2. The molecule has 220 valence electrons. The normalized spacial score (nSPS) is 17.1. The smallest absolute Gasteiger partial charge is 0.388 e. The number of ether oxygens (including phenoxy) is 2. The molecule has 1 unspecified atom stereocenters. The van der Waals surface area contributed by atoms with E-state index in [4.69, 9.17) is 13.7 Å². The summed E-state index contributed by atoms with van der Waals surface area (Å²) < 4.78 is 98.2. The predicted octanol–water partition coefficient (Wildman–Crippen LogP) is 4.08. The molecular formula is C25H28F6N4O4S. The maximum atomic E-state index is 14.3. The Morgan fingerprint density at radius 1 is 1.02 bits per heavy atom. The van der Waals surface area contributed by atoms with E-state index in [0.29, 0.717) is 58.2 Å². The Kier molecular flexibility index (Phi) is 9.27.